The Hall–Kier alpha value is -4.73. The van der Waals surface area contributed by atoms with Crippen LogP contribution in [0.1, 0.15) is 16.7 Å². The largest absolute Gasteiger partial charge is 0.383 e. The molecular weight excluding hydrogens is 747 g/mol. The number of thiophene rings is 2. The summed E-state index contributed by atoms with van der Waals surface area (Å²) in [7, 11) is -3.73. The molecule has 0 amide bonds. The topological polar surface area (TPSA) is 163 Å². The van der Waals surface area contributed by atoms with Crippen LogP contribution in [0.3, 0.4) is 0 Å². The van der Waals surface area contributed by atoms with Crippen molar-refractivity contribution in [1.82, 2.24) is 4.57 Å². The molecule has 0 saturated heterocycles. The summed E-state index contributed by atoms with van der Waals surface area (Å²) in [6, 6.07) is 35.1. The van der Waals surface area contributed by atoms with Gasteiger partial charge in [-0.1, -0.05) is 60.7 Å². The fraction of sp³-hybridized carbons (Fsp3) is 0.105. The van der Waals surface area contributed by atoms with Gasteiger partial charge in [-0.3, -0.25) is 15.5 Å². The molecule has 0 fully saturated rings. The van der Waals surface area contributed by atoms with Gasteiger partial charge in [-0.2, -0.15) is 0 Å². The zero-order valence-electron chi connectivity index (χ0n) is 28.6. The lowest BCUT2D eigenvalue weighted by molar-refractivity contribution is 0.601. The Kier molecular flexibility index (Phi) is 11.3. The van der Waals surface area contributed by atoms with Crippen molar-refractivity contribution >= 4 is 107 Å². The molecule has 0 unspecified atom stereocenters. The molecule has 0 spiro atoms. The van der Waals surface area contributed by atoms with Gasteiger partial charge in [0.1, 0.15) is 11.7 Å². The molecule has 0 saturated carbocycles. The smallest absolute Gasteiger partial charge is 0.261 e. The van der Waals surface area contributed by atoms with Crippen LogP contribution in [-0.2, 0) is 16.6 Å². The summed E-state index contributed by atoms with van der Waals surface area (Å²) in [5.41, 5.74) is 18.1. The second-order valence-corrected chi connectivity index (χ2v) is 17.4. The Labute approximate surface area is 319 Å². The summed E-state index contributed by atoms with van der Waals surface area (Å²) in [6.07, 6.45) is 3.89. The van der Waals surface area contributed by atoms with Crippen LogP contribution in [0.15, 0.2) is 123 Å². The fourth-order valence-corrected chi connectivity index (χ4v) is 10.2. The van der Waals surface area contributed by atoms with Crippen LogP contribution < -0.4 is 21.5 Å². The minimum absolute atomic E-state index is 0.0806. The van der Waals surface area contributed by atoms with Crippen molar-refractivity contribution in [3.8, 4) is 11.1 Å². The predicted octanol–water partition coefficient (Wildman–Crippen LogP) is 9.85. The van der Waals surface area contributed by atoms with Crippen LogP contribution in [0.5, 0.6) is 0 Å². The SMILES string of the molecule is CCn1c2ccccc2c2cc(Nc3cc(C(=N)N)sc3SC)ccc21.CSc1sc(C(=N)N)cc1NS(=O)(=O)c1ccc(-c2ccccc2)cc1. The minimum Gasteiger partial charge on any atom is -0.383 e. The lowest BCUT2D eigenvalue weighted by Crippen LogP contribution is -2.13. The van der Waals surface area contributed by atoms with Gasteiger partial charge in [0, 0.05) is 34.0 Å². The number of benzene rings is 4. The Balaban J connectivity index is 0.000000179. The number of nitrogens with two attached hydrogens (primary N) is 2. The molecule has 3 aromatic heterocycles. The monoisotopic (exact) mass is 783 g/mol. The van der Waals surface area contributed by atoms with Gasteiger partial charge in [-0.25, -0.2) is 8.42 Å². The van der Waals surface area contributed by atoms with E-state index in [1.165, 1.54) is 44.9 Å². The van der Waals surface area contributed by atoms with Crippen molar-refractivity contribution in [2.45, 2.75) is 26.8 Å². The second-order valence-electron chi connectivity index (χ2n) is 11.5. The van der Waals surface area contributed by atoms with Crippen molar-refractivity contribution < 1.29 is 8.42 Å². The molecule has 3 heterocycles. The first-order chi connectivity index (χ1) is 25.0. The number of hydrogen-bond donors (Lipinski definition) is 6. The fourth-order valence-electron chi connectivity index (χ4n) is 5.76. The van der Waals surface area contributed by atoms with E-state index in [0.717, 1.165) is 42.3 Å². The molecule has 0 bridgehead atoms. The molecule has 0 aliphatic carbocycles. The number of hydrogen-bond acceptors (Lipinski definition) is 9. The number of aromatic nitrogens is 1. The van der Waals surface area contributed by atoms with Gasteiger partial charge in [0.2, 0.25) is 0 Å². The molecule has 4 aromatic carbocycles. The average molecular weight is 784 g/mol. The van der Waals surface area contributed by atoms with E-state index in [9.17, 15) is 8.42 Å². The molecule has 8 N–H and O–H groups in total. The van der Waals surface area contributed by atoms with Crippen LogP contribution in [0.4, 0.5) is 17.1 Å². The van der Waals surface area contributed by atoms with Gasteiger partial charge in [-0.15, -0.1) is 46.2 Å². The van der Waals surface area contributed by atoms with Gasteiger partial charge in [0.05, 0.1) is 34.4 Å². The molecule has 52 heavy (non-hydrogen) atoms. The van der Waals surface area contributed by atoms with E-state index in [-0.39, 0.29) is 16.6 Å². The van der Waals surface area contributed by atoms with Crippen molar-refractivity contribution in [2.24, 2.45) is 11.5 Å². The lowest BCUT2D eigenvalue weighted by atomic mass is 10.1. The number of thioether (sulfide) groups is 2. The van der Waals surface area contributed by atoms with E-state index in [1.807, 2.05) is 48.9 Å². The lowest BCUT2D eigenvalue weighted by Gasteiger charge is -2.09. The van der Waals surface area contributed by atoms with Gasteiger partial charge in [0.15, 0.2) is 0 Å². The number of nitrogens with zero attached hydrogens (tertiary/aromatic N) is 1. The van der Waals surface area contributed by atoms with E-state index >= 15 is 0 Å². The number of aryl methyl sites for hydroxylation is 1. The zero-order chi connectivity index (χ0) is 37.0. The van der Waals surface area contributed by atoms with Crippen LogP contribution >= 0.6 is 46.2 Å². The highest BCUT2D eigenvalue weighted by atomic mass is 32.2. The number of para-hydroxylation sites is 1. The molecule has 0 aliphatic heterocycles. The van der Waals surface area contributed by atoms with Crippen LogP contribution in [0.25, 0.3) is 32.9 Å². The van der Waals surface area contributed by atoms with Crippen molar-refractivity contribution in [1.29, 1.82) is 10.8 Å². The van der Waals surface area contributed by atoms with Crippen LogP contribution in [0, 0.1) is 10.8 Å². The third kappa shape index (κ3) is 7.86. The maximum atomic E-state index is 12.7. The standard InChI is InChI=1S/C20H20N4S2.C18H17N3O2S3/c1-3-24-16-7-5-4-6-13(16)14-10-12(8-9-17(14)24)23-15-11-18(19(21)22)26-20(15)25-2;1-24-18-15(11-16(25-18)17(19)20)21-26(22,23)14-9-7-13(8-10-14)12-5-3-2-4-6-12/h4-11,23H,3H2,1-2H3,(H3,21,22);2-11,21H,1H3,(H3,19,20). The van der Waals surface area contributed by atoms with E-state index < -0.39 is 10.0 Å². The quantitative estimate of drug-likeness (QED) is 0.0432. The van der Waals surface area contributed by atoms with Crippen molar-refractivity contribution in [3.63, 3.8) is 0 Å². The highest BCUT2D eigenvalue weighted by Gasteiger charge is 2.19. The summed E-state index contributed by atoms with van der Waals surface area (Å²) in [5, 5.41) is 21.2. The molecule has 0 aliphatic rings. The zero-order valence-corrected chi connectivity index (χ0v) is 32.6. The number of nitrogen functional groups attached to an aromatic ring is 2. The minimum atomic E-state index is -3.73. The molecule has 7 rings (SSSR count). The predicted molar refractivity (Wildman–Crippen MR) is 225 cm³/mol. The van der Waals surface area contributed by atoms with Gasteiger partial charge >= 0.3 is 0 Å². The van der Waals surface area contributed by atoms with E-state index in [1.54, 1.807) is 53.4 Å². The van der Waals surface area contributed by atoms with E-state index in [0.29, 0.717) is 10.6 Å². The summed E-state index contributed by atoms with van der Waals surface area (Å²) in [5.74, 6) is 0.0304. The van der Waals surface area contributed by atoms with E-state index in [2.05, 4.69) is 64.0 Å². The number of rotatable bonds is 11. The molecule has 9 nitrogen and oxygen atoms in total. The Bertz CT molecular complexity index is 2500. The van der Waals surface area contributed by atoms with Crippen molar-refractivity contribution in [3.05, 3.63) is 119 Å². The van der Waals surface area contributed by atoms with Gasteiger partial charge in [-0.05, 0) is 79.1 Å². The van der Waals surface area contributed by atoms with Crippen molar-refractivity contribution in [2.75, 3.05) is 22.6 Å². The van der Waals surface area contributed by atoms with Gasteiger partial charge in [0.25, 0.3) is 10.0 Å². The molecule has 14 heteroatoms. The summed E-state index contributed by atoms with van der Waals surface area (Å²) in [6.45, 7) is 3.12. The molecular formula is C38H37N7O2S5. The Morgan fingerprint density at radius 2 is 1.27 bits per heavy atom. The normalized spacial score (nSPS) is 11.3. The number of sulfonamides is 1. The Morgan fingerprint density at radius 3 is 1.88 bits per heavy atom. The second kappa shape index (κ2) is 15.9. The third-order valence-corrected chi connectivity index (χ3v) is 14.2. The highest BCUT2D eigenvalue weighted by Crippen LogP contribution is 2.39. The molecule has 0 radical (unpaired) electrons. The molecule has 0 atom stereocenters. The van der Waals surface area contributed by atoms with Crippen LogP contribution in [-0.4, -0.2) is 37.2 Å². The first-order valence-electron chi connectivity index (χ1n) is 16.0. The average Bonchev–Trinajstić information content (AvgIpc) is 3.85. The number of fused-ring (bicyclic) bond motifs is 3. The first-order valence-corrected chi connectivity index (χ1v) is 21.6. The van der Waals surface area contributed by atoms with Crippen LogP contribution in [0.2, 0.25) is 0 Å². The third-order valence-electron chi connectivity index (χ3n) is 8.18. The Morgan fingerprint density at radius 1 is 0.712 bits per heavy atom. The first kappa shape index (κ1) is 37.0. The summed E-state index contributed by atoms with van der Waals surface area (Å²) < 4.78 is 32.2. The van der Waals surface area contributed by atoms with Gasteiger partial charge < -0.3 is 21.4 Å². The summed E-state index contributed by atoms with van der Waals surface area (Å²) >= 11 is 5.91. The maximum absolute atomic E-state index is 12.7. The maximum Gasteiger partial charge on any atom is 0.261 e. The number of nitrogens with one attached hydrogen (secondary N) is 4. The molecule has 266 valence electrons. The summed E-state index contributed by atoms with van der Waals surface area (Å²) in [4.78, 5) is 1.51. The molecule has 7 aromatic rings. The highest BCUT2D eigenvalue weighted by molar-refractivity contribution is 8.01. The number of amidine groups is 2. The van der Waals surface area contributed by atoms with E-state index in [4.69, 9.17) is 22.3 Å². The number of anilines is 3.